The topological polar surface area (TPSA) is 65.1 Å². The Labute approximate surface area is 133 Å². The van der Waals surface area contributed by atoms with Crippen molar-refractivity contribution in [3.05, 3.63) is 0 Å². The zero-order valence-corrected chi connectivity index (χ0v) is 14.1. The lowest BCUT2D eigenvalue weighted by atomic mass is 9.89. The molecule has 1 atom stereocenters. The molecule has 0 bridgehead atoms. The number of piperidine rings is 1. The predicted octanol–water partition coefficient (Wildman–Crippen LogP) is 1.01. The van der Waals surface area contributed by atoms with Crippen molar-refractivity contribution in [1.82, 2.24) is 4.31 Å². The lowest BCUT2D eigenvalue weighted by Gasteiger charge is -2.37. The van der Waals surface area contributed by atoms with Crippen LogP contribution in [0.1, 0.15) is 32.1 Å². The van der Waals surface area contributed by atoms with Gasteiger partial charge in [-0.1, -0.05) is 0 Å². The number of nitrogens with zero attached hydrogens (tertiary/aromatic N) is 1. The third-order valence-electron chi connectivity index (χ3n) is 5.19. The first kappa shape index (κ1) is 16.6. The SMILES string of the molecule is CS(=O)(=O)N1CCC2(CC1)C[C@H](OCC1CCOCC1)CO2. The average molecular weight is 333 g/mol. The Bertz CT molecular complexity index is 466. The Morgan fingerprint density at radius 1 is 1.23 bits per heavy atom. The Hall–Kier alpha value is -0.210. The Morgan fingerprint density at radius 3 is 2.55 bits per heavy atom. The molecule has 0 radical (unpaired) electrons. The highest BCUT2D eigenvalue weighted by atomic mass is 32.2. The molecule has 0 N–H and O–H groups in total. The molecular formula is C15H27NO5S. The molecule has 0 aromatic heterocycles. The smallest absolute Gasteiger partial charge is 0.211 e. The van der Waals surface area contributed by atoms with Crippen molar-refractivity contribution >= 4 is 10.0 Å². The van der Waals surface area contributed by atoms with Gasteiger partial charge in [-0.2, -0.15) is 0 Å². The predicted molar refractivity (Wildman–Crippen MR) is 82.2 cm³/mol. The van der Waals surface area contributed by atoms with Gasteiger partial charge in [0, 0.05) is 32.7 Å². The zero-order chi connectivity index (χ0) is 15.6. The largest absolute Gasteiger partial charge is 0.381 e. The average Bonchev–Trinajstić information content (AvgIpc) is 2.89. The van der Waals surface area contributed by atoms with Crippen molar-refractivity contribution < 1.29 is 22.6 Å². The first-order valence-corrected chi connectivity index (χ1v) is 10.1. The van der Waals surface area contributed by atoms with Crippen LogP contribution in [0.5, 0.6) is 0 Å². The van der Waals surface area contributed by atoms with E-state index in [1.807, 2.05) is 0 Å². The van der Waals surface area contributed by atoms with Gasteiger partial charge in [0.05, 0.1) is 31.2 Å². The molecule has 3 aliphatic rings. The summed E-state index contributed by atoms with van der Waals surface area (Å²) < 4.78 is 42.2. The van der Waals surface area contributed by atoms with Crippen LogP contribution in [0.25, 0.3) is 0 Å². The molecule has 6 nitrogen and oxygen atoms in total. The fourth-order valence-electron chi connectivity index (χ4n) is 3.67. The van der Waals surface area contributed by atoms with Crippen LogP contribution in [-0.2, 0) is 24.2 Å². The van der Waals surface area contributed by atoms with Crippen molar-refractivity contribution in [2.24, 2.45) is 5.92 Å². The molecule has 0 aromatic rings. The van der Waals surface area contributed by atoms with Crippen LogP contribution in [0.2, 0.25) is 0 Å². The molecule has 128 valence electrons. The van der Waals surface area contributed by atoms with Gasteiger partial charge < -0.3 is 14.2 Å². The lowest BCUT2D eigenvalue weighted by Crippen LogP contribution is -2.46. The maximum Gasteiger partial charge on any atom is 0.211 e. The van der Waals surface area contributed by atoms with E-state index in [2.05, 4.69) is 0 Å². The quantitative estimate of drug-likeness (QED) is 0.768. The number of hydrogen-bond donors (Lipinski definition) is 0. The molecule has 0 amide bonds. The summed E-state index contributed by atoms with van der Waals surface area (Å²) in [5.41, 5.74) is -0.165. The van der Waals surface area contributed by atoms with Gasteiger partial charge in [-0.05, 0) is 31.6 Å². The minimum absolute atomic E-state index is 0.160. The summed E-state index contributed by atoms with van der Waals surface area (Å²) in [6.45, 7) is 4.25. The van der Waals surface area contributed by atoms with Crippen molar-refractivity contribution in [2.75, 3.05) is 45.8 Å². The minimum atomic E-state index is -3.08. The summed E-state index contributed by atoms with van der Waals surface area (Å²) in [6, 6.07) is 0. The lowest BCUT2D eigenvalue weighted by molar-refractivity contribution is -0.0368. The van der Waals surface area contributed by atoms with Crippen molar-refractivity contribution in [3.63, 3.8) is 0 Å². The van der Waals surface area contributed by atoms with E-state index in [-0.39, 0.29) is 11.7 Å². The molecule has 3 fully saturated rings. The van der Waals surface area contributed by atoms with Gasteiger partial charge >= 0.3 is 0 Å². The number of ether oxygens (including phenoxy) is 3. The highest BCUT2D eigenvalue weighted by Crippen LogP contribution is 2.37. The van der Waals surface area contributed by atoms with Crippen LogP contribution < -0.4 is 0 Å². The molecule has 3 heterocycles. The van der Waals surface area contributed by atoms with E-state index in [1.54, 1.807) is 4.31 Å². The normalized spacial score (nSPS) is 30.9. The van der Waals surface area contributed by atoms with E-state index in [4.69, 9.17) is 14.2 Å². The van der Waals surface area contributed by atoms with Gasteiger partial charge in [0.25, 0.3) is 0 Å². The monoisotopic (exact) mass is 333 g/mol. The van der Waals surface area contributed by atoms with Crippen LogP contribution in [0.4, 0.5) is 0 Å². The van der Waals surface area contributed by atoms with Gasteiger partial charge in [0.2, 0.25) is 10.0 Å². The van der Waals surface area contributed by atoms with Crippen LogP contribution in [0.3, 0.4) is 0 Å². The number of rotatable bonds is 4. The second-order valence-corrected chi connectivity index (χ2v) is 8.85. The van der Waals surface area contributed by atoms with Gasteiger partial charge in [0.1, 0.15) is 0 Å². The van der Waals surface area contributed by atoms with E-state index in [1.165, 1.54) is 6.26 Å². The molecule has 3 aliphatic heterocycles. The van der Waals surface area contributed by atoms with E-state index < -0.39 is 10.0 Å². The first-order chi connectivity index (χ1) is 10.5. The molecule has 22 heavy (non-hydrogen) atoms. The van der Waals surface area contributed by atoms with Crippen LogP contribution >= 0.6 is 0 Å². The third-order valence-corrected chi connectivity index (χ3v) is 6.49. The molecule has 0 aromatic carbocycles. The first-order valence-electron chi connectivity index (χ1n) is 8.25. The second-order valence-electron chi connectivity index (χ2n) is 6.87. The van der Waals surface area contributed by atoms with Crippen LogP contribution in [-0.4, -0.2) is 70.2 Å². The molecule has 0 aliphatic carbocycles. The fourth-order valence-corrected chi connectivity index (χ4v) is 4.51. The molecule has 3 rings (SSSR count). The number of hydrogen-bond acceptors (Lipinski definition) is 5. The Morgan fingerprint density at radius 2 is 1.91 bits per heavy atom. The van der Waals surface area contributed by atoms with Crippen molar-refractivity contribution in [3.8, 4) is 0 Å². The standard InChI is InChI=1S/C15H27NO5S/c1-22(17,18)16-6-4-15(5-7-16)10-14(12-21-15)20-11-13-2-8-19-9-3-13/h13-14H,2-12H2,1H3/t14-/m0/s1. The fraction of sp³-hybridized carbons (Fsp3) is 1.00. The van der Waals surface area contributed by atoms with E-state index >= 15 is 0 Å². The van der Waals surface area contributed by atoms with E-state index in [9.17, 15) is 8.42 Å². The molecule has 0 unspecified atom stereocenters. The highest BCUT2D eigenvalue weighted by Gasteiger charge is 2.44. The molecule has 3 saturated heterocycles. The van der Waals surface area contributed by atoms with Gasteiger partial charge in [-0.25, -0.2) is 12.7 Å². The summed E-state index contributed by atoms with van der Waals surface area (Å²) in [4.78, 5) is 0. The Kier molecular flexibility index (Phi) is 5.09. The highest BCUT2D eigenvalue weighted by molar-refractivity contribution is 7.88. The molecular weight excluding hydrogens is 306 g/mol. The molecule has 1 spiro atoms. The van der Waals surface area contributed by atoms with Gasteiger partial charge in [0.15, 0.2) is 0 Å². The Balaban J connectivity index is 1.44. The van der Waals surface area contributed by atoms with Crippen LogP contribution in [0.15, 0.2) is 0 Å². The minimum Gasteiger partial charge on any atom is -0.381 e. The van der Waals surface area contributed by atoms with Crippen molar-refractivity contribution in [1.29, 1.82) is 0 Å². The summed E-state index contributed by atoms with van der Waals surface area (Å²) in [5, 5.41) is 0. The summed E-state index contributed by atoms with van der Waals surface area (Å²) in [5.74, 6) is 0.609. The molecule has 7 heteroatoms. The van der Waals surface area contributed by atoms with Crippen LogP contribution in [0, 0.1) is 5.92 Å². The zero-order valence-electron chi connectivity index (χ0n) is 13.3. The molecule has 0 saturated carbocycles. The summed E-state index contributed by atoms with van der Waals surface area (Å²) in [7, 11) is -3.08. The van der Waals surface area contributed by atoms with E-state index in [0.29, 0.717) is 25.6 Å². The summed E-state index contributed by atoms with van der Waals surface area (Å²) >= 11 is 0. The van der Waals surface area contributed by atoms with Gasteiger partial charge in [-0.15, -0.1) is 0 Å². The third kappa shape index (κ3) is 4.00. The number of sulfonamides is 1. The second kappa shape index (κ2) is 6.73. The van der Waals surface area contributed by atoms with Crippen molar-refractivity contribution in [2.45, 2.75) is 43.8 Å². The van der Waals surface area contributed by atoms with Gasteiger partial charge in [-0.3, -0.25) is 0 Å². The maximum absolute atomic E-state index is 11.6. The maximum atomic E-state index is 11.6. The van der Waals surface area contributed by atoms with E-state index in [0.717, 1.165) is 51.9 Å². The summed E-state index contributed by atoms with van der Waals surface area (Å²) in [6.07, 6.45) is 6.06.